The first-order valence-corrected chi connectivity index (χ1v) is 6.40. The van der Waals surface area contributed by atoms with E-state index in [1.54, 1.807) is 0 Å². The van der Waals surface area contributed by atoms with Crippen molar-refractivity contribution in [3.8, 4) is 0 Å². The lowest BCUT2D eigenvalue weighted by Gasteiger charge is -2.20. The molecule has 2 nitrogen and oxygen atoms in total. The highest BCUT2D eigenvalue weighted by Crippen LogP contribution is 2.09. The zero-order valence-electron chi connectivity index (χ0n) is 11.9. The van der Waals surface area contributed by atoms with Gasteiger partial charge in [0, 0.05) is 25.2 Å². The molecule has 0 spiro atoms. The van der Waals surface area contributed by atoms with Crippen molar-refractivity contribution in [2.75, 3.05) is 13.1 Å². The molecule has 1 aromatic rings. The van der Waals surface area contributed by atoms with Crippen LogP contribution in [0.4, 0.5) is 0 Å². The number of hydrogen-bond acceptors (Lipinski definition) is 2. The van der Waals surface area contributed by atoms with Crippen molar-refractivity contribution in [1.29, 1.82) is 0 Å². The van der Waals surface area contributed by atoms with Gasteiger partial charge in [-0.1, -0.05) is 23.8 Å². The molecule has 0 bridgehead atoms. The van der Waals surface area contributed by atoms with Crippen LogP contribution in [0.1, 0.15) is 37.5 Å². The van der Waals surface area contributed by atoms with Gasteiger partial charge in [-0.25, -0.2) is 0 Å². The molecule has 2 N–H and O–H groups in total. The molecule has 0 amide bonds. The van der Waals surface area contributed by atoms with Crippen molar-refractivity contribution >= 4 is 0 Å². The first-order chi connectivity index (χ1) is 7.88. The summed E-state index contributed by atoms with van der Waals surface area (Å²) < 4.78 is 0. The Balaban J connectivity index is 2.29. The van der Waals surface area contributed by atoms with E-state index in [1.165, 1.54) is 16.7 Å². The predicted octanol–water partition coefficient (Wildman–Crippen LogP) is 2.78. The molecule has 0 aliphatic carbocycles. The largest absolute Gasteiger partial charge is 0.311 e. The molecule has 0 fully saturated rings. The Morgan fingerprint density at radius 3 is 2.41 bits per heavy atom. The predicted molar refractivity (Wildman–Crippen MR) is 75.4 cm³/mol. The van der Waals surface area contributed by atoms with Crippen LogP contribution in [0, 0.1) is 13.8 Å². The summed E-state index contributed by atoms with van der Waals surface area (Å²) in [7, 11) is 0. The van der Waals surface area contributed by atoms with Gasteiger partial charge in [0.05, 0.1) is 0 Å². The van der Waals surface area contributed by atoms with Crippen LogP contribution in [0.3, 0.4) is 0 Å². The lowest BCUT2D eigenvalue weighted by atomic mass is 10.1. The van der Waals surface area contributed by atoms with Gasteiger partial charge < -0.3 is 10.6 Å². The second kappa shape index (κ2) is 6.18. The topological polar surface area (TPSA) is 24.1 Å². The molecule has 0 heterocycles. The van der Waals surface area contributed by atoms with Crippen molar-refractivity contribution in [2.24, 2.45) is 0 Å². The molecule has 1 aromatic carbocycles. The van der Waals surface area contributed by atoms with Crippen LogP contribution in [0.5, 0.6) is 0 Å². The first kappa shape index (κ1) is 14.2. The number of rotatable bonds is 5. The molecule has 17 heavy (non-hydrogen) atoms. The van der Waals surface area contributed by atoms with E-state index in [9.17, 15) is 0 Å². The average molecular weight is 234 g/mol. The summed E-state index contributed by atoms with van der Waals surface area (Å²) in [5.41, 5.74) is 4.31. The summed E-state index contributed by atoms with van der Waals surface area (Å²) in [6.45, 7) is 13.9. The van der Waals surface area contributed by atoms with Crippen molar-refractivity contribution in [3.05, 3.63) is 34.9 Å². The van der Waals surface area contributed by atoms with Crippen LogP contribution >= 0.6 is 0 Å². The van der Waals surface area contributed by atoms with Crippen LogP contribution in [-0.2, 0) is 6.54 Å². The molecule has 0 unspecified atom stereocenters. The van der Waals surface area contributed by atoms with E-state index in [-0.39, 0.29) is 5.54 Å². The van der Waals surface area contributed by atoms with Crippen LogP contribution < -0.4 is 10.6 Å². The lowest BCUT2D eigenvalue weighted by Crippen LogP contribution is -2.40. The summed E-state index contributed by atoms with van der Waals surface area (Å²) in [5.74, 6) is 0. The van der Waals surface area contributed by atoms with Crippen LogP contribution in [0.15, 0.2) is 18.2 Å². The van der Waals surface area contributed by atoms with Gasteiger partial charge in [-0.05, 0) is 45.7 Å². The quantitative estimate of drug-likeness (QED) is 0.766. The lowest BCUT2D eigenvalue weighted by molar-refractivity contribution is 0.421. The van der Waals surface area contributed by atoms with Gasteiger partial charge in [-0.2, -0.15) is 0 Å². The fourth-order valence-electron chi connectivity index (χ4n) is 1.74. The fourth-order valence-corrected chi connectivity index (χ4v) is 1.74. The summed E-state index contributed by atoms with van der Waals surface area (Å²) in [4.78, 5) is 0. The Hall–Kier alpha value is -0.860. The van der Waals surface area contributed by atoms with Gasteiger partial charge in [0.25, 0.3) is 0 Å². The Morgan fingerprint density at radius 2 is 1.76 bits per heavy atom. The highest BCUT2D eigenvalue weighted by atomic mass is 15.0. The van der Waals surface area contributed by atoms with Gasteiger partial charge in [0.2, 0.25) is 0 Å². The molecule has 0 aromatic heterocycles. The minimum atomic E-state index is 0.209. The monoisotopic (exact) mass is 234 g/mol. The summed E-state index contributed by atoms with van der Waals surface area (Å²) >= 11 is 0. The Bertz CT molecular complexity index is 350. The second-order valence-corrected chi connectivity index (χ2v) is 5.78. The van der Waals surface area contributed by atoms with E-state index < -0.39 is 0 Å². The molecular weight excluding hydrogens is 208 g/mol. The van der Waals surface area contributed by atoms with Gasteiger partial charge in [-0.15, -0.1) is 0 Å². The van der Waals surface area contributed by atoms with Crippen molar-refractivity contribution in [3.63, 3.8) is 0 Å². The third-order valence-corrected chi connectivity index (χ3v) is 2.78. The SMILES string of the molecule is Cc1ccc(C)c(CNCCNC(C)(C)C)c1. The molecule has 0 atom stereocenters. The molecule has 0 radical (unpaired) electrons. The molecular formula is C15H26N2. The molecule has 2 heteroatoms. The smallest absolute Gasteiger partial charge is 0.0208 e. The zero-order valence-corrected chi connectivity index (χ0v) is 11.9. The van der Waals surface area contributed by atoms with E-state index in [0.717, 1.165) is 19.6 Å². The molecule has 1 rings (SSSR count). The number of benzene rings is 1. The maximum absolute atomic E-state index is 3.48. The van der Waals surface area contributed by atoms with E-state index in [0.29, 0.717) is 0 Å². The third kappa shape index (κ3) is 5.85. The van der Waals surface area contributed by atoms with Gasteiger partial charge >= 0.3 is 0 Å². The molecule has 0 aliphatic heterocycles. The Labute approximate surface area is 106 Å². The summed E-state index contributed by atoms with van der Waals surface area (Å²) in [5, 5.41) is 6.95. The summed E-state index contributed by atoms with van der Waals surface area (Å²) in [6, 6.07) is 6.62. The fraction of sp³-hybridized carbons (Fsp3) is 0.600. The summed E-state index contributed by atoms with van der Waals surface area (Å²) in [6.07, 6.45) is 0. The van der Waals surface area contributed by atoms with E-state index in [4.69, 9.17) is 0 Å². The minimum Gasteiger partial charge on any atom is -0.311 e. The van der Waals surface area contributed by atoms with Crippen LogP contribution in [-0.4, -0.2) is 18.6 Å². The highest BCUT2D eigenvalue weighted by molar-refractivity contribution is 5.30. The number of aryl methyl sites for hydroxylation is 2. The normalized spacial score (nSPS) is 11.8. The average Bonchev–Trinajstić information content (AvgIpc) is 2.21. The maximum atomic E-state index is 3.48. The van der Waals surface area contributed by atoms with E-state index in [1.807, 2.05) is 0 Å². The highest BCUT2D eigenvalue weighted by Gasteiger charge is 2.06. The number of nitrogens with one attached hydrogen (secondary N) is 2. The van der Waals surface area contributed by atoms with Crippen molar-refractivity contribution in [2.45, 2.75) is 46.7 Å². The Kier molecular flexibility index (Phi) is 5.16. The zero-order chi connectivity index (χ0) is 12.9. The molecule has 96 valence electrons. The first-order valence-electron chi connectivity index (χ1n) is 6.40. The van der Waals surface area contributed by atoms with E-state index >= 15 is 0 Å². The minimum absolute atomic E-state index is 0.209. The maximum Gasteiger partial charge on any atom is 0.0208 e. The standard InChI is InChI=1S/C15H26N2/c1-12-6-7-13(2)14(10-12)11-16-8-9-17-15(3,4)5/h6-7,10,16-17H,8-9,11H2,1-5H3. The van der Waals surface area contributed by atoms with Crippen molar-refractivity contribution in [1.82, 2.24) is 10.6 Å². The van der Waals surface area contributed by atoms with Crippen molar-refractivity contribution < 1.29 is 0 Å². The van der Waals surface area contributed by atoms with Gasteiger partial charge in [0.15, 0.2) is 0 Å². The molecule has 0 saturated carbocycles. The second-order valence-electron chi connectivity index (χ2n) is 5.78. The Morgan fingerprint density at radius 1 is 1.06 bits per heavy atom. The molecule has 0 aliphatic rings. The van der Waals surface area contributed by atoms with Gasteiger partial charge in [0.1, 0.15) is 0 Å². The van der Waals surface area contributed by atoms with Crippen LogP contribution in [0.2, 0.25) is 0 Å². The molecule has 0 saturated heterocycles. The third-order valence-electron chi connectivity index (χ3n) is 2.78. The number of hydrogen-bond donors (Lipinski definition) is 2. The van der Waals surface area contributed by atoms with E-state index in [2.05, 4.69) is 63.5 Å². The van der Waals surface area contributed by atoms with Crippen LogP contribution in [0.25, 0.3) is 0 Å². The van der Waals surface area contributed by atoms with Gasteiger partial charge in [-0.3, -0.25) is 0 Å².